The molecule has 1 saturated heterocycles. The SMILES string of the molecule is CSc1ccccc1NC(=O)CN1CC[C@H](O)C1. The summed E-state index contributed by atoms with van der Waals surface area (Å²) in [5, 5.41) is 12.3. The number of aliphatic hydroxyl groups excluding tert-OH is 1. The number of nitrogens with zero attached hydrogens (tertiary/aromatic N) is 1. The van der Waals surface area contributed by atoms with Crippen LogP contribution in [0.15, 0.2) is 29.2 Å². The number of anilines is 1. The molecule has 1 fully saturated rings. The maximum Gasteiger partial charge on any atom is 0.238 e. The van der Waals surface area contributed by atoms with Gasteiger partial charge in [0.25, 0.3) is 0 Å². The Labute approximate surface area is 111 Å². The van der Waals surface area contributed by atoms with Crippen molar-refractivity contribution in [3.8, 4) is 0 Å². The molecule has 0 radical (unpaired) electrons. The summed E-state index contributed by atoms with van der Waals surface area (Å²) in [5.74, 6) is -0.0226. The highest BCUT2D eigenvalue weighted by Crippen LogP contribution is 2.24. The number of β-amino-alcohol motifs (C(OH)–C–C–N with tert-alkyl or cyclic N) is 1. The number of carbonyl (C=O) groups is 1. The number of amides is 1. The molecule has 0 spiro atoms. The van der Waals surface area contributed by atoms with Crippen LogP contribution < -0.4 is 5.32 Å². The molecular weight excluding hydrogens is 248 g/mol. The van der Waals surface area contributed by atoms with E-state index in [-0.39, 0.29) is 12.0 Å². The summed E-state index contributed by atoms with van der Waals surface area (Å²) >= 11 is 1.61. The molecule has 4 nitrogen and oxygen atoms in total. The van der Waals surface area contributed by atoms with Crippen LogP contribution in [0.4, 0.5) is 5.69 Å². The van der Waals surface area contributed by atoms with Crippen molar-refractivity contribution in [1.82, 2.24) is 4.90 Å². The lowest BCUT2D eigenvalue weighted by Crippen LogP contribution is -2.32. The number of carbonyl (C=O) groups excluding carboxylic acids is 1. The number of likely N-dealkylation sites (tertiary alicyclic amines) is 1. The third-order valence-corrected chi connectivity index (χ3v) is 3.79. The predicted molar refractivity (Wildman–Crippen MR) is 73.9 cm³/mol. The molecule has 0 saturated carbocycles. The van der Waals surface area contributed by atoms with Gasteiger partial charge in [-0.1, -0.05) is 12.1 Å². The number of aliphatic hydroxyl groups is 1. The second kappa shape index (κ2) is 6.22. The standard InChI is InChI=1S/C13H18N2O2S/c1-18-12-5-3-2-4-11(12)14-13(17)9-15-7-6-10(16)8-15/h2-5,10,16H,6-9H2,1H3,(H,14,17)/t10-/m0/s1. The van der Waals surface area contributed by atoms with Crippen molar-refractivity contribution < 1.29 is 9.90 Å². The van der Waals surface area contributed by atoms with Crippen molar-refractivity contribution in [3.05, 3.63) is 24.3 Å². The van der Waals surface area contributed by atoms with E-state index in [2.05, 4.69) is 5.32 Å². The molecule has 2 rings (SSSR count). The van der Waals surface area contributed by atoms with Gasteiger partial charge in [0.2, 0.25) is 5.91 Å². The average Bonchev–Trinajstić information content (AvgIpc) is 2.75. The van der Waals surface area contributed by atoms with Gasteiger partial charge in [-0.25, -0.2) is 0 Å². The molecule has 1 aromatic carbocycles. The molecule has 0 aliphatic carbocycles. The van der Waals surface area contributed by atoms with E-state index < -0.39 is 0 Å². The van der Waals surface area contributed by atoms with Crippen molar-refractivity contribution in [1.29, 1.82) is 0 Å². The molecule has 1 atom stereocenters. The highest BCUT2D eigenvalue weighted by atomic mass is 32.2. The van der Waals surface area contributed by atoms with Crippen LogP contribution in [0.5, 0.6) is 0 Å². The van der Waals surface area contributed by atoms with Crippen LogP contribution in [0.1, 0.15) is 6.42 Å². The predicted octanol–water partition coefficient (Wildman–Crippen LogP) is 1.41. The number of thioether (sulfide) groups is 1. The highest BCUT2D eigenvalue weighted by molar-refractivity contribution is 7.98. The van der Waals surface area contributed by atoms with Gasteiger partial charge in [0.15, 0.2) is 0 Å². The van der Waals surface area contributed by atoms with Crippen LogP contribution in [0.2, 0.25) is 0 Å². The summed E-state index contributed by atoms with van der Waals surface area (Å²) in [6.07, 6.45) is 2.47. The van der Waals surface area contributed by atoms with E-state index in [1.54, 1.807) is 11.8 Å². The normalized spacial score (nSPS) is 20.0. The van der Waals surface area contributed by atoms with Crippen molar-refractivity contribution in [2.24, 2.45) is 0 Å². The van der Waals surface area contributed by atoms with Crippen LogP contribution in [0.25, 0.3) is 0 Å². The average molecular weight is 266 g/mol. The fourth-order valence-electron chi connectivity index (χ4n) is 2.10. The zero-order valence-corrected chi connectivity index (χ0v) is 11.2. The Bertz CT molecular complexity index is 425. The van der Waals surface area contributed by atoms with Gasteiger partial charge < -0.3 is 10.4 Å². The second-order valence-electron chi connectivity index (χ2n) is 4.43. The van der Waals surface area contributed by atoms with Crippen LogP contribution >= 0.6 is 11.8 Å². The lowest BCUT2D eigenvalue weighted by atomic mass is 10.3. The summed E-state index contributed by atoms with van der Waals surface area (Å²) in [6.45, 7) is 1.73. The minimum absolute atomic E-state index is 0.0226. The van der Waals surface area contributed by atoms with Crippen LogP contribution in [-0.4, -0.2) is 47.9 Å². The van der Waals surface area contributed by atoms with Crippen molar-refractivity contribution >= 4 is 23.4 Å². The van der Waals surface area contributed by atoms with Crippen molar-refractivity contribution in [2.75, 3.05) is 31.2 Å². The zero-order chi connectivity index (χ0) is 13.0. The molecular formula is C13H18N2O2S. The summed E-state index contributed by atoms with van der Waals surface area (Å²) in [6, 6.07) is 7.76. The second-order valence-corrected chi connectivity index (χ2v) is 5.27. The number of rotatable bonds is 4. The molecule has 1 aliphatic heterocycles. The number of hydrogen-bond donors (Lipinski definition) is 2. The lowest BCUT2D eigenvalue weighted by molar-refractivity contribution is -0.117. The van der Waals surface area contributed by atoms with Gasteiger partial charge in [0, 0.05) is 18.0 Å². The minimum atomic E-state index is -0.281. The monoisotopic (exact) mass is 266 g/mol. The first-order valence-corrected chi connectivity index (χ1v) is 7.25. The van der Waals surface area contributed by atoms with Gasteiger partial charge in [-0.2, -0.15) is 0 Å². The molecule has 1 aliphatic rings. The van der Waals surface area contributed by atoms with E-state index in [0.717, 1.165) is 23.5 Å². The molecule has 2 N–H and O–H groups in total. The van der Waals surface area contributed by atoms with E-state index >= 15 is 0 Å². The first kappa shape index (κ1) is 13.4. The summed E-state index contributed by atoms with van der Waals surface area (Å²) in [4.78, 5) is 14.9. The Balaban J connectivity index is 1.91. The molecule has 1 heterocycles. The third-order valence-electron chi connectivity index (χ3n) is 3.00. The first-order chi connectivity index (χ1) is 8.69. The molecule has 0 unspecified atom stereocenters. The van der Waals surface area contributed by atoms with Gasteiger partial charge in [0.1, 0.15) is 0 Å². The lowest BCUT2D eigenvalue weighted by Gasteiger charge is -2.15. The number of benzene rings is 1. The topological polar surface area (TPSA) is 52.6 Å². The van der Waals surface area contributed by atoms with E-state index in [9.17, 15) is 9.90 Å². The molecule has 0 aromatic heterocycles. The quantitative estimate of drug-likeness (QED) is 0.809. The smallest absolute Gasteiger partial charge is 0.238 e. The fourth-order valence-corrected chi connectivity index (χ4v) is 2.65. The maximum atomic E-state index is 11.9. The maximum absolute atomic E-state index is 11.9. The van der Waals surface area contributed by atoms with Gasteiger partial charge in [0.05, 0.1) is 18.3 Å². The summed E-state index contributed by atoms with van der Waals surface area (Å²) in [5.41, 5.74) is 0.856. The molecule has 0 bridgehead atoms. The molecule has 1 aromatic rings. The number of para-hydroxylation sites is 1. The summed E-state index contributed by atoms with van der Waals surface area (Å²) in [7, 11) is 0. The van der Waals surface area contributed by atoms with E-state index in [0.29, 0.717) is 13.1 Å². The van der Waals surface area contributed by atoms with E-state index in [4.69, 9.17) is 0 Å². The van der Waals surface area contributed by atoms with Gasteiger partial charge >= 0.3 is 0 Å². The van der Waals surface area contributed by atoms with Gasteiger partial charge in [-0.3, -0.25) is 9.69 Å². The molecule has 5 heteroatoms. The number of hydrogen-bond acceptors (Lipinski definition) is 4. The first-order valence-electron chi connectivity index (χ1n) is 6.02. The van der Waals surface area contributed by atoms with Crippen LogP contribution in [0.3, 0.4) is 0 Å². The molecule has 18 heavy (non-hydrogen) atoms. The van der Waals surface area contributed by atoms with Gasteiger partial charge in [-0.05, 0) is 24.8 Å². The fraction of sp³-hybridized carbons (Fsp3) is 0.462. The van der Waals surface area contributed by atoms with Gasteiger partial charge in [-0.15, -0.1) is 11.8 Å². The Hall–Kier alpha value is -1.04. The van der Waals surface area contributed by atoms with Crippen molar-refractivity contribution in [3.63, 3.8) is 0 Å². The Kier molecular flexibility index (Phi) is 4.63. The highest BCUT2D eigenvalue weighted by Gasteiger charge is 2.22. The number of nitrogens with one attached hydrogen (secondary N) is 1. The minimum Gasteiger partial charge on any atom is -0.392 e. The zero-order valence-electron chi connectivity index (χ0n) is 10.4. The molecule has 98 valence electrons. The Morgan fingerprint density at radius 3 is 3.00 bits per heavy atom. The van der Waals surface area contributed by atoms with Crippen LogP contribution in [-0.2, 0) is 4.79 Å². The Morgan fingerprint density at radius 2 is 2.33 bits per heavy atom. The Morgan fingerprint density at radius 1 is 1.56 bits per heavy atom. The third kappa shape index (κ3) is 3.48. The summed E-state index contributed by atoms with van der Waals surface area (Å²) < 4.78 is 0. The van der Waals surface area contributed by atoms with E-state index in [1.165, 1.54) is 0 Å². The van der Waals surface area contributed by atoms with E-state index in [1.807, 2.05) is 35.4 Å². The molecule has 1 amide bonds. The van der Waals surface area contributed by atoms with Crippen LogP contribution in [0, 0.1) is 0 Å². The van der Waals surface area contributed by atoms with Crippen molar-refractivity contribution in [2.45, 2.75) is 17.4 Å². The largest absolute Gasteiger partial charge is 0.392 e.